The number of nitrogens with one attached hydrogen (secondary N) is 1. The zero-order valence-corrected chi connectivity index (χ0v) is 15.5. The molecule has 4 heterocycles. The van der Waals surface area contributed by atoms with Crippen molar-refractivity contribution in [1.82, 2.24) is 19.8 Å². The summed E-state index contributed by atoms with van der Waals surface area (Å²) in [7, 11) is 0. The van der Waals surface area contributed by atoms with Crippen LogP contribution in [0.25, 0.3) is 11.0 Å². The van der Waals surface area contributed by atoms with Crippen molar-refractivity contribution in [3.8, 4) is 0 Å². The topological polar surface area (TPSA) is 69.3 Å². The minimum atomic E-state index is -2.42. The molecule has 2 aromatic heterocycles. The van der Waals surface area contributed by atoms with Gasteiger partial charge in [-0.15, -0.1) is 0 Å². The summed E-state index contributed by atoms with van der Waals surface area (Å²) in [5, 5.41) is 0.813. The summed E-state index contributed by atoms with van der Waals surface area (Å²) in [6, 6.07) is -0.679. The van der Waals surface area contributed by atoms with Crippen LogP contribution in [0.3, 0.4) is 0 Å². The van der Waals surface area contributed by atoms with Crippen LogP contribution in [0.15, 0.2) is 12.4 Å². The number of alkyl halides is 2. The van der Waals surface area contributed by atoms with Crippen LogP contribution >= 0.6 is 0 Å². The third kappa shape index (κ3) is 2.69. The number of aromatic amines is 1. The Hall–Kier alpha value is -2.51. The molecule has 0 bridgehead atoms. The van der Waals surface area contributed by atoms with E-state index in [1.165, 1.54) is 4.90 Å². The lowest BCUT2D eigenvalue weighted by atomic mass is 9.91. The molecule has 2 aromatic rings. The van der Waals surface area contributed by atoms with Gasteiger partial charge in [0.25, 0.3) is 5.91 Å². The first-order chi connectivity index (χ1) is 12.8. The van der Waals surface area contributed by atoms with E-state index in [4.69, 9.17) is 0 Å². The minimum absolute atomic E-state index is 0.0513. The fourth-order valence-electron chi connectivity index (χ4n) is 4.07. The number of aryl methyl sites for hydroxylation is 1. The van der Waals surface area contributed by atoms with E-state index in [1.807, 2.05) is 20.8 Å². The monoisotopic (exact) mass is 376 g/mol. The van der Waals surface area contributed by atoms with Gasteiger partial charge >= 0.3 is 0 Å². The average molecular weight is 376 g/mol. The molecule has 1 atom stereocenters. The number of amides is 2. The Morgan fingerprint density at radius 3 is 2.67 bits per heavy atom. The van der Waals surface area contributed by atoms with E-state index < -0.39 is 18.4 Å². The quantitative estimate of drug-likeness (QED) is 0.892. The molecule has 2 aliphatic heterocycles. The van der Waals surface area contributed by atoms with Crippen LogP contribution in [0.2, 0.25) is 0 Å². The van der Waals surface area contributed by atoms with Gasteiger partial charge in [-0.3, -0.25) is 9.59 Å². The molecule has 0 radical (unpaired) electrons. The van der Waals surface area contributed by atoms with E-state index in [0.717, 1.165) is 16.5 Å². The maximum Gasteiger partial charge on any atom is 0.257 e. The predicted molar refractivity (Wildman–Crippen MR) is 95.4 cm³/mol. The van der Waals surface area contributed by atoms with Crippen LogP contribution < -0.4 is 0 Å². The fraction of sp³-hybridized carbons (Fsp3) is 0.526. The number of carbonyl (C=O) groups is 2. The summed E-state index contributed by atoms with van der Waals surface area (Å²) in [6.07, 6.45) is 0.965. The highest BCUT2D eigenvalue weighted by molar-refractivity contribution is 6.10. The van der Waals surface area contributed by atoms with E-state index >= 15 is 0 Å². The summed E-state index contributed by atoms with van der Waals surface area (Å²) < 4.78 is 25.6. The van der Waals surface area contributed by atoms with Crippen molar-refractivity contribution in [2.24, 2.45) is 11.8 Å². The van der Waals surface area contributed by atoms with E-state index in [1.54, 1.807) is 17.3 Å². The molecule has 0 saturated carbocycles. The lowest BCUT2D eigenvalue weighted by Gasteiger charge is -2.44. The van der Waals surface area contributed by atoms with Crippen molar-refractivity contribution in [1.29, 1.82) is 0 Å². The van der Waals surface area contributed by atoms with Crippen LogP contribution in [0.5, 0.6) is 0 Å². The highest BCUT2D eigenvalue weighted by Crippen LogP contribution is 2.34. The number of hydrogen-bond donors (Lipinski definition) is 1. The molecule has 1 N–H and O–H groups in total. The van der Waals surface area contributed by atoms with E-state index in [0.29, 0.717) is 17.8 Å². The molecular weight excluding hydrogens is 354 g/mol. The molecule has 6 nitrogen and oxygen atoms in total. The Kier molecular flexibility index (Phi) is 4.16. The molecule has 2 aliphatic rings. The van der Waals surface area contributed by atoms with Crippen molar-refractivity contribution in [2.45, 2.75) is 39.8 Å². The molecule has 1 unspecified atom stereocenters. The van der Waals surface area contributed by atoms with Crippen molar-refractivity contribution in [3.05, 3.63) is 29.1 Å². The second kappa shape index (κ2) is 6.28. The van der Waals surface area contributed by atoms with Crippen LogP contribution in [0.4, 0.5) is 8.78 Å². The molecule has 2 amide bonds. The number of H-pyrrole nitrogens is 1. The van der Waals surface area contributed by atoms with Crippen LogP contribution in [0, 0.1) is 18.8 Å². The zero-order chi connectivity index (χ0) is 19.5. The summed E-state index contributed by atoms with van der Waals surface area (Å²) in [6.45, 7) is 6.10. The molecular formula is C19H22F2N4O2. The first kappa shape index (κ1) is 17.9. The van der Waals surface area contributed by atoms with Gasteiger partial charge < -0.3 is 14.8 Å². The molecule has 0 aliphatic carbocycles. The summed E-state index contributed by atoms with van der Waals surface area (Å²) in [5.41, 5.74) is 3.10. The molecule has 0 aromatic carbocycles. The number of likely N-dealkylation sites (tertiary alicyclic amines) is 1. The van der Waals surface area contributed by atoms with E-state index in [-0.39, 0.29) is 30.8 Å². The molecule has 144 valence electrons. The van der Waals surface area contributed by atoms with Gasteiger partial charge in [-0.05, 0) is 24.0 Å². The Morgan fingerprint density at radius 2 is 2.04 bits per heavy atom. The summed E-state index contributed by atoms with van der Waals surface area (Å²) in [5.74, 6) is -1.38. The predicted octanol–water partition coefficient (Wildman–Crippen LogP) is 2.58. The van der Waals surface area contributed by atoms with Crippen molar-refractivity contribution < 1.29 is 18.4 Å². The average Bonchev–Trinajstić information content (AvgIpc) is 2.97. The highest BCUT2D eigenvalue weighted by atomic mass is 19.3. The van der Waals surface area contributed by atoms with Gasteiger partial charge in [0.05, 0.1) is 11.5 Å². The Balaban J connectivity index is 1.66. The third-order valence-electron chi connectivity index (χ3n) is 5.64. The SMILES string of the molecule is Cc1cnc2[nH]cc3c2c1CN(C(C(=O)N1CC(C(F)F)C1)C(C)C)C3=O. The lowest BCUT2D eigenvalue weighted by molar-refractivity contribution is -0.148. The van der Waals surface area contributed by atoms with Gasteiger partial charge in [0.1, 0.15) is 11.7 Å². The highest BCUT2D eigenvalue weighted by Gasteiger charge is 2.44. The number of halogens is 2. The second-order valence-corrected chi connectivity index (χ2v) is 7.81. The van der Waals surface area contributed by atoms with Gasteiger partial charge in [-0.25, -0.2) is 13.8 Å². The second-order valence-electron chi connectivity index (χ2n) is 7.81. The summed E-state index contributed by atoms with van der Waals surface area (Å²) >= 11 is 0. The molecule has 1 fully saturated rings. The molecule has 27 heavy (non-hydrogen) atoms. The number of rotatable bonds is 4. The first-order valence-corrected chi connectivity index (χ1v) is 9.13. The van der Waals surface area contributed by atoms with Gasteiger partial charge in [0.15, 0.2) is 0 Å². The zero-order valence-electron chi connectivity index (χ0n) is 15.5. The van der Waals surface area contributed by atoms with Crippen molar-refractivity contribution in [2.75, 3.05) is 13.1 Å². The van der Waals surface area contributed by atoms with Gasteiger partial charge in [0.2, 0.25) is 12.3 Å². The first-order valence-electron chi connectivity index (χ1n) is 9.13. The van der Waals surface area contributed by atoms with Gasteiger partial charge in [-0.2, -0.15) is 0 Å². The Bertz CT molecular complexity index is 918. The third-order valence-corrected chi connectivity index (χ3v) is 5.64. The van der Waals surface area contributed by atoms with E-state index in [2.05, 4.69) is 9.97 Å². The molecule has 1 saturated heterocycles. The number of hydrogen-bond acceptors (Lipinski definition) is 3. The number of carbonyl (C=O) groups excluding carboxylic acids is 2. The molecule has 0 spiro atoms. The number of nitrogens with zero attached hydrogens (tertiary/aromatic N) is 3. The maximum absolute atomic E-state index is 13.1. The van der Waals surface area contributed by atoms with Crippen molar-refractivity contribution in [3.63, 3.8) is 0 Å². The molecule has 4 rings (SSSR count). The van der Waals surface area contributed by atoms with Gasteiger partial charge in [-0.1, -0.05) is 13.8 Å². The van der Waals surface area contributed by atoms with Crippen LogP contribution in [-0.4, -0.2) is 57.1 Å². The van der Waals surface area contributed by atoms with E-state index in [9.17, 15) is 18.4 Å². The number of pyridine rings is 1. The standard InChI is InChI=1S/C19H22F2N4O2/c1-9(2)15(19(27)24-6-11(7-24)16(20)21)25-8-13-10(3)4-22-17-14(13)12(5-23-17)18(25)26/h4-5,9,11,15-16H,6-8H2,1-3H3,(H,22,23). The summed E-state index contributed by atoms with van der Waals surface area (Å²) in [4.78, 5) is 36.5. The van der Waals surface area contributed by atoms with Gasteiger partial charge in [0, 0.05) is 37.4 Å². The van der Waals surface area contributed by atoms with Crippen molar-refractivity contribution >= 4 is 22.8 Å². The fourth-order valence-corrected chi connectivity index (χ4v) is 4.07. The van der Waals surface area contributed by atoms with Crippen LogP contribution in [0.1, 0.15) is 35.3 Å². The van der Waals surface area contributed by atoms with Crippen LogP contribution in [-0.2, 0) is 11.3 Å². The maximum atomic E-state index is 13.1. The Morgan fingerprint density at radius 1 is 1.33 bits per heavy atom. The Labute approximate surface area is 155 Å². The normalized spacial score (nSPS) is 18.6. The minimum Gasteiger partial charge on any atom is -0.345 e. The smallest absolute Gasteiger partial charge is 0.257 e. The lowest BCUT2D eigenvalue weighted by Crippen LogP contribution is -2.60. The molecule has 8 heteroatoms. The largest absolute Gasteiger partial charge is 0.345 e. The number of aromatic nitrogens is 2.